The fourth-order valence-corrected chi connectivity index (χ4v) is 2.52. The molecule has 1 aromatic carbocycles. The Bertz CT molecular complexity index is 417. The third-order valence-corrected chi connectivity index (χ3v) is 3.79. The van der Waals surface area contributed by atoms with Gasteiger partial charge in [-0.25, -0.2) is 0 Å². The molecule has 2 saturated carbocycles. The van der Waals surface area contributed by atoms with E-state index in [0.717, 1.165) is 24.1 Å². The molecular weight excluding hydrogens is 224 g/mol. The quantitative estimate of drug-likeness (QED) is 0.855. The van der Waals surface area contributed by atoms with Crippen LogP contribution in [0.3, 0.4) is 0 Å². The van der Waals surface area contributed by atoms with Crippen LogP contribution in [0.15, 0.2) is 24.3 Å². The van der Waals surface area contributed by atoms with Gasteiger partial charge >= 0.3 is 0 Å². The largest absolute Gasteiger partial charge is 0.382 e. The average Bonchev–Trinajstić information content (AvgIpc) is 3.04. The highest BCUT2D eigenvalue weighted by atomic mass is 16.1. The Morgan fingerprint density at radius 2 is 1.61 bits per heavy atom. The van der Waals surface area contributed by atoms with Crippen LogP contribution in [-0.4, -0.2) is 18.0 Å². The number of nitrogens with one attached hydrogen (secondary N) is 2. The van der Waals surface area contributed by atoms with Crippen LogP contribution in [0.2, 0.25) is 0 Å². The minimum absolute atomic E-state index is 0.0601. The second kappa shape index (κ2) is 5.01. The van der Waals surface area contributed by atoms with Gasteiger partial charge < -0.3 is 10.6 Å². The van der Waals surface area contributed by atoms with E-state index in [0.29, 0.717) is 12.1 Å². The summed E-state index contributed by atoms with van der Waals surface area (Å²) in [5.41, 5.74) is 1.89. The first-order valence-electron chi connectivity index (χ1n) is 6.99. The van der Waals surface area contributed by atoms with E-state index in [1.807, 2.05) is 24.3 Å². The van der Waals surface area contributed by atoms with Crippen LogP contribution in [0.25, 0.3) is 0 Å². The van der Waals surface area contributed by atoms with Crippen LogP contribution in [0, 0.1) is 0 Å². The van der Waals surface area contributed by atoms with Crippen molar-refractivity contribution in [3.05, 3.63) is 29.8 Å². The van der Waals surface area contributed by atoms with E-state index in [1.54, 1.807) is 0 Å². The third kappa shape index (κ3) is 2.84. The summed E-state index contributed by atoms with van der Waals surface area (Å²) < 4.78 is 0. The lowest BCUT2D eigenvalue weighted by molar-refractivity contribution is 0.0951. The standard InChI is InChI=1S/C15H20N2O/c18-15(17-14-9-10-14)11-5-7-13(8-6-11)16-12-3-1-2-4-12/h5-8,12,14,16H,1-4,9-10H2,(H,17,18). The summed E-state index contributed by atoms with van der Waals surface area (Å²) in [5, 5.41) is 6.53. The molecule has 1 amide bonds. The maximum atomic E-state index is 11.8. The monoisotopic (exact) mass is 244 g/mol. The van der Waals surface area contributed by atoms with E-state index in [1.165, 1.54) is 25.7 Å². The zero-order chi connectivity index (χ0) is 12.4. The van der Waals surface area contributed by atoms with Gasteiger partial charge in [-0.15, -0.1) is 0 Å². The Morgan fingerprint density at radius 1 is 0.944 bits per heavy atom. The molecule has 3 rings (SSSR count). The van der Waals surface area contributed by atoms with Crippen molar-refractivity contribution >= 4 is 11.6 Å². The predicted molar refractivity (Wildman–Crippen MR) is 72.8 cm³/mol. The molecule has 0 bridgehead atoms. The van der Waals surface area contributed by atoms with E-state index in [2.05, 4.69) is 10.6 Å². The fraction of sp³-hybridized carbons (Fsp3) is 0.533. The van der Waals surface area contributed by atoms with Gasteiger partial charge in [0.25, 0.3) is 5.91 Å². The maximum Gasteiger partial charge on any atom is 0.251 e. The molecule has 2 N–H and O–H groups in total. The van der Waals surface area contributed by atoms with E-state index in [9.17, 15) is 4.79 Å². The molecule has 0 saturated heterocycles. The van der Waals surface area contributed by atoms with E-state index < -0.39 is 0 Å². The number of rotatable bonds is 4. The van der Waals surface area contributed by atoms with Crippen LogP contribution in [0.4, 0.5) is 5.69 Å². The molecule has 0 heterocycles. The topological polar surface area (TPSA) is 41.1 Å². The number of anilines is 1. The first-order valence-corrected chi connectivity index (χ1v) is 6.99. The van der Waals surface area contributed by atoms with Crippen LogP contribution >= 0.6 is 0 Å². The molecule has 0 unspecified atom stereocenters. The van der Waals surface area contributed by atoms with Gasteiger partial charge in [0.15, 0.2) is 0 Å². The van der Waals surface area contributed by atoms with Crippen LogP contribution in [0.5, 0.6) is 0 Å². The second-order valence-corrected chi connectivity index (χ2v) is 5.45. The number of carbonyl (C=O) groups is 1. The smallest absolute Gasteiger partial charge is 0.251 e. The van der Waals surface area contributed by atoms with Crippen LogP contribution < -0.4 is 10.6 Å². The summed E-state index contributed by atoms with van der Waals surface area (Å²) in [6.07, 6.45) is 7.47. The zero-order valence-corrected chi connectivity index (χ0v) is 10.6. The van der Waals surface area contributed by atoms with Crippen molar-refractivity contribution in [3.63, 3.8) is 0 Å². The number of hydrogen-bond donors (Lipinski definition) is 2. The summed E-state index contributed by atoms with van der Waals surface area (Å²) in [5.74, 6) is 0.0601. The van der Waals surface area contributed by atoms with E-state index >= 15 is 0 Å². The number of hydrogen-bond acceptors (Lipinski definition) is 2. The van der Waals surface area contributed by atoms with Gasteiger partial charge in [-0.3, -0.25) is 4.79 Å². The minimum atomic E-state index is 0.0601. The lowest BCUT2D eigenvalue weighted by atomic mass is 10.1. The Hall–Kier alpha value is -1.51. The van der Waals surface area contributed by atoms with Crippen molar-refractivity contribution in [1.82, 2.24) is 5.32 Å². The number of amides is 1. The molecule has 96 valence electrons. The molecule has 3 nitrogen and oxygen atoms in total. The molecule has 2 fully saturated rings. The highest BCUT2D eigenvalue weighted by Crippen LogP contribution is 2.23. The molecule has 0 atom stereocenters. The van der Waals surface area contributed by atoms with Gasteiger partial charge in [-0.05, 0) is 49.9 Å². The summed E-state index contributed by atoms with van der Waals surface area (Å²) in [6, 6.07) is 8.90. The van der Waals surface area contributed by atoms with Gasteiger partial charge in [-0.1, -0.05) is 12.8 Å². The summed E-state index contributed by atoms with van der Waals surface area (Å²) in [4.78, 5) is 11.8. The molecule has 1 aromatic rings. The van der Waals surface area contributed by atoms with Gasteiger partial charge in [0, 0.05) is 23.3 Å². The van der Waals surface area contributed by atoms with Crippen molar-refractivity contribution in [1.29, 1.82) is 0 Å². The Labute approximate surface area is 108 Å². The molecule has 0 aromatic heterocycles. The molecule has 0 aliphatic heterocycles. The summed E-state index contributed by atoms with van der Waals surface area (Å²) in [7, 11) is 0. The third-order valence-electron chi connectivity index (χ3n) is 3.79. The SMILES string of the molecule is O=C(NC1CC1)c1ccc(NC2CCCC2)cc1. The molecule has 18 heavy (non-hydrogen) atoms. The molecule has 2 aliphatic carbocycles. The Morgan fingerprint density at radius 3 is 2.22 bits per heavy atom. The molecule has 0 spiro atoms. The normalized spacial score (nSPS) is 19.8. The Kier molecular flexibility index (Phi) is 3.22. The van der Waals surface area contributed by atoms with Gasteiger partial charge in [0.05, 0.1) is 0 Å². The molecule has 2 aliphatic rings. The summed E-state index contributed by atoms with van der Waals surface area (Å²) >= 11 is 0. The minimum Gasteiger partial charge on any atom is -0.382 e. The lowest BCUT2D eigenvalue weighted by Crippen LogP contribution is -2.25. The summed E-state index contributed by atoms with van der Waals surface area (Å²) in [6.45, 7) is 0. The second-order valence-electron chi connectivity index (χ2n) is 5.45. The first-order chi connectivity index (χ1) is 8.81. The van der Waals surface area contributed by atoms with E-state index in [4.69, 9.17) is 0 Å². The fourth-order valence-electron chi connectivity index (χ4n) is 2.52. The van der Waals surface area contributed by atoms with Gasteiger partial charge in [-0.2, -0.15) is 0 Å². The molecule has 3 heteroatoms. The average molecular weight is 244 g/mol. The van der Waals surface area contributed by atoms with Crippen molar-refractivity contribution in [2.45, 2.75) is 50.6 Å². The highest BCUT2D eigenvalue weighted by Gasteiger charge is 2.23. The molecule has 0 radical (unpaired) electrons. The van der Waals surface area contributed by atoms with Crippen molar-refractivity contribution in [2.75, 3.05) is 5.32 Å². The number of carbonyl (C=O) groups excluding carboxylic acids is 1. The predicted octanol–water partition coefficient (Wildman–Crippen LogP) is 2.93. The lowest BCUT2D eigenvalue weighted by Gasteiger charge is -2.13. The number of benzene rings is 1. The van der Waals surface area contributed by atoms with Gasteiger partial charge in [0.1, 0.15) is 0 Å². The highest BCUT2D eigenvalue weighted by molar-refractivity contribution is 5.94. The van der Waals surface area contributed by atoms with E-state index in [-0.39, 0.29) is 5.91 Å². The Balaban J connectivity index is 1.58. The van der Waals surface area contributed by atoms with Crippen molar-refractivity contribution in [2.24, 2.45) is 0 Å². The zero-order valence-electron chi connectivity index (χ0n) is 10.6. The first kappa shape index (κ1) is 11.6. The van der Waals surface area contributed by atoms with Crippen LogP contribution in [0.1, 0.15) is 48.9 Å². The molecular formula is C15H20N2O. The maximum absolute atomic E-state index is 11.8. The van der Waals surface area contributed by atoms with Crippen molar-refractivity contribution < 1.29 is 4.79 Å². The van der Waals surface area contributed by atoms with Gasteiger partial charge in [0.2, 0.25) is 0 Å². The van der Waals surface area contributed by atoms with Crippen molar-refractivity contribution in [3.8, 4) is 0 Å². The van der Waals surface area contributed by atoms with Crippen LogP contribution in [-0.2, 0) is 0 Å².